The van der Waals surface area contributed by atoms with Crippen LogP contribution in [0.4, 0.5) is 0 Å². The van der Waals surface area contributed by atoms with Crippen molar-refractivity contribution in [2.75, 3.05) is 0 Å². The van der Waals surface area contributed by atoms with Gasteiger partial charge < -0.3 is 8.98 Å². The summed E-state index contributed by atoms with van der Waals surface area (Å²) in [5.41, 5.74) is 19.3. The number of benzene rings is 8. The van der Waals surface area contributed by atoms with E-state index in [1.807, 2.05) is 12.1 Å². The Morgan fingerprint density at radius 3 is 1.76 bits per heavy atom. The lowest BCUT2D eigenvalue weighted by Gasteiger charge is -2.22. The topological polar surface area (TPSA) is 31.0 Å². The molecule has 12 rings (SSSR count). The van der Waals surface area contributed by atoms with Crippen molar-refractivity contribution in [1.29, 1.82) is 0 Å². The summed E-state index contributed by atoms with van der Waals surface area (Å²) in [5, 5.41) is 4.82. The van der Waals surface area contributed by atoms with E-state index in [0.29, 0.717) is 0 Å². The summed E-state index contributed by atoms with van der Waals surface area (Å²) in [7, 11) is 0. The molecule has 0 radical (unpaired) electrons. The molecule has 11 aromatic rings. The first-order chi connectivity index (χ1) is 29.0. The van der Waals surface area contributed by atoms with Crippen molar-refractivity contribution >= 4 is 43.7 Å². The largest absolute Gasteiger partial charge is 0.456 e. The monoisotopic (exact) mass is 754 g/mol. The highest BCUT2D eigenvalue weighted by Gasteiger charge is 2.36. The number of para-hydroxylation sites is 2. The minimum absolute atomic E-state index is 0.165. The number of hydrogen-bond acceptors (Lipinski definition) is 2. The Balaban J connectivity index is 0.933. The predicted octanol–water partition coefficient (Wildman–Crippen LogP) is 15.1. The van der Waals surface area contributed by atoms with Crippen LogP contribution in [-0.2, 0) is 5.41 Å². The number of pyridine rings is 1. The van der Waals surface area contributed by atoms with Gasteiger partial charge in [-0.15, -0.1) is 0 Å². The molecule has 0 N–H and O–H groups in total. The molecule has 0 unspecified atom stereocenters. The van der Waals surface area contributed by atoms with Crippen molar-refractivity contribution in [3.05, 3.63) is 205 Å². The fraction of sp³-hybridized carbons (Fsp3) is 0.0536. The van der Waals surface area contributed by atoms with Gasteiger partial charge in [-0.25, -0.2) is 4.98 Å². The van der Waals surface area contributed by atoms with E-state index < -0.39 is 0 Å². The van der Waals surface area contributed by atoms with Crippen molar-refractivity contribution in [3.63, 3.8) is 0 Å². The van der Waals surface area contributed by atoms with Crippen LogP contribution in [0.3, 0.4) is 0 Å². The van der Waals surface area contributed by atoms with Crippen LogP contribution in [0.1, 0.15) is 25.0 Å². The normalized spacial score (nSPS) is 13.1. The number of aromatic nitrogens is 2. The Kier molecular flexibility index (Phi) is 7.27. The zero-order valence-electron chi connectivity index (χ0n) is 32.8. The standard InChI is InChI=1S/C56H38N2O/c1-56(2)48-30-39(23-27-42(48)45-33-47-44-18-10-12-20-54(44)59-55(47)34-49(45)56)38-24-28-53-46(29-38)43-17-9-11-19-52(43)58(53)41-25-21-37(22-26-41)51-32-40(35-13-5-3-6-14-35)31-50(57-51)36-15-7-4-8-16-36/h3-34H,1-2H3. The Morgan fingerprint density at radius 2 is 0.983 bits per heavy atom. The molecule has 0 amide bonds. The second-order valence-corrected chi connectivity index (χ2v) is 16.4. The van der Waals surface area contributed by atoms with Gasteiger partial charge in [0, 0.05) is 43.8 Å². The second kappa shape index (κ2) is 12.8. The summed E-state index contributed by atoms with van der Waals surface area (Å²) >= 11 is 0. The number of rotatable bonds is 5. The first-order valence-corrected chi connectivity index (χ1v) is 20.4. The first-order valence-electron chi connectivity index (χ1n) is 20.4. The minimum atomic E-state index is -0.165. The van der Waals surface area contributed by atoms with Gasteiger partial charge in [0.25, 0.3) is 0 Å². The van der Waals surface area contributed by atoms with E-state index >= 15 is 0 Å². The molecule has 0 spiro atoms. The summed E-state index contributed by atoms with van der Waals surface area (Å²) in [5.74, 6) is 0. The molecule has 1 aliphatic carbocycles. The maximum Gasteiger partial charge on any atom is 0.135 e. The van der Waals surface area contributed by atoms with Gasteiger partial charge >= 0.3 is 0 Å². The molecule has 59 heavy (non-hydrogen) atoms. The third-order valence-corrected chi connectivity index (χ3v) is 12.6. The van der Waals surface area contributed by atoms with Gasteiger partial charge in [0.15, 0.2) is 0 Å². The van der Waals surface area contributed by atoms with Crippen molar-refractivity contribution in [2.45, 2.75) is 19.3 Å². The second-order valence-electron chi connectivity index (χ2n) is 16.4. The van der Waals surface area contributed by atoms with Crippen LogP contribution < -0.4 is 0 Å². The third-order valence-electron chi connectivity index (χ3n) is 12.6. The molecule has 8 aromatic carbocycles. The van der Waals surface area contributed by atoms with Crippen LogP contribution in [-0.4, -0.2) is 9.55 Å². The highest BCUT2D eigenvalue weighted by molar-refractivity contribution is 6.11. The first kappa shape index (κ1) is 33.6. The number of hydrogen-bond donors (Lipinski definition) is 0. The predicted molar refractivity (Wildman–Crippen MR) is 245 cm³/mol. The van der Waals surface area contributed by atoms with Crippen LogP contribution in [0, 0.1) is 0 Å². The van der Waals surface area contributed by atoms with Crippen LogP contribution in [0.25, 0.3) is 105 Å². The molecule has 0 saturated carbocycles. The number of furan rings is 1. The summed E-state index contributed by atoms with van der Waals surface area (Å²) in [6.45, 7) is 4.69. The highest BCUT2D eigenvalue weighted by atomic mass is 16.3. The lowest BCUT2D eigenvalue weighted by atomic mass is 9.81. The van der Waals surface area contributed by atoms with E-state index in [1.54, 1.807) is 0 Å². The maximum absolute atomic E-state index is 6.33. The lowest BCUT2D eigenvalue weighted by molar-refractivity contribution is 0.647. The number of fused-ring (bicyclic) bond motifs is 9. The SMILES string of the molecule is CC1(C)c2cc(-c3ccc4c(c3)c3ccccc3n4-c3ccc(-c4cc(-c5ccccc5)cc(-c5ccccc5)n4)cc3)ccc2-c2cc3c(cc21)oc1ccccc13. The fourth-order valence-electron chi connectivity index (χ4n) is 9.58. The van der Waals surface area contributed by atoms with Gasteiger partial charge in [0.2, 0.25) is 0 Å². The van der Waals surface area contributed by atoms with Gasteiger partial charge in [-0.2, -0.15) is 0 Å². The zero-order valence-corrected chi connectivity index (χ0v) is 32.8. The summed E-state index contributed by atoms with van der Waals surface area (Å²) < 4.78 is 8.73. The molecule has 3 heterocycles. The van der Waals surface area contributed by atoms with Crippen molar-refractivity contribution < 1.29 is 4.42 Å². The lowest BCUT2D eigenvalue weighted by Crippen LogP contribution is -2.15. The number of nitrogens with zero attached hydrogens (tertiary/aromatic N) is 2. The van der Waals surface area contributed by atoms with Gasteiger partial charge in [-0.3, -0.25) is 0 Å². The smallest absolute Gasteiger partial charge is 0.135 e. The molecule has 3 nitrogen and oxygen atoms in total. The van der Waals surface area contributed by atoms with E-state index in [2.05, 4.69) is 200 Å². The van der Waals surface area contributed by atoms with Gasteiger partial charge in [0.1, 0.15) is 11.2 Å². The molecule has 278 valence electrons. The van der Waals surface area contributed by atoms with E-state index in [4.69, 9.17) is 9.40 Å². The molecular weight excluding hydrogens is 717 g/mol. The molecular formula is C56H38N2O. The molecule has 0 fully saturated rings. The molecule has 1 aliphatic rings. The Bertz CT molecular complexity index is 3390. The van der Waals surface area contributed by atoms with E-state index in [0.717, 1.165) is 44.9 Å². The van der Waals surface area contributed by atoms with Crippen LogP contribution in [0.2, 0.25) is 0 Å². The molecule has 3 aromatic heterocycles. The van der Waals surface area contributed by atoms with Crippen LogP contribution >= 0.6 is 0 Å². The quantitative estimate of drug-likeness (QED) is 0.175. The summed E-state index contributed by atoms with van der Waals surface area (Å²) in [6.07, 6.45) is 0. The average Bonchev–Trinajstić information content (AvgIpc) is 3.90. The molecule has 3 heteroatoms. The zero-order chi connectivity index (χ0) is 39.2. The third kappa shape index (κ3) is 5.25. The summed E-state index contributed by atoms with van der Waals surface area (Å²) in [6, 6.07) is 70.0. The van der Waals surface area contributed by atoms with Crippen LogP contribution in [0.15, 0.2) is 199 Å². The average molecular weight is 755 g/mol. The van der Waals surface area contributed by atoms with E-state index in [1.165, 1.54) is 71.5 Å². The Morgan fingerprint density at radius 1 is 0.390 bits per heavy atom. The van der Waals surface area contributed by atoms with Gasteiger partial charge in [-0.05, 0) is 111 Å². The molecule has 0 bridgehead atoms. The van der Waals surface area contributed by atoms with Crippen molar-refractivity contribution in [3.8, 4) is 61.6 Å². The van der Waals surface area contributed by atoms with E-state index in [-0.39, 0.29) is 5.41 Å². The fourth-order valence-corrected chi connectivity index (χ4v) is 9.58. The van der Waals surface area contributed by atoms with Crippen molar-refractivity contribution in [1.82, 2.24) is 9.55 Å². The molecule has 0 aliphatic heterocycles. The van der Waals surface area contributed by atoms with E-state index in [9.17, 15) is 0 Å². The molecule has 0 saturated heterocycles. The molecule has 0 atom stereocenters. The van der Waals surface area contributed by atoms with Gasteiger partial charge in [0.05, 0.1) is 22.4 Å². The Hall–Kier alpha value is -7.49. The minimum Gasteiger partial charge on any atom is -0.456 e. The summed E-state index contributed by atoms with van der Waals surface area (Å²) in [4.78, 5) is 5.18. The van der Waals surface area contributed by atoms with Crippen LogP contribution in [0.5, 0.6) is 0 Å². The Labute approximate surface area is 342 Å². The highest BCUT2D eigenvalue weighted by Crippen LogP contribution is 2.52. The van der Waals surface area contributed by atoms with Crippen molar-refractivity contribution in [2.24, 2.45) is 0 Å². The maximum atomic E-state index is 6.33. The van der Waals surface area contributed by atoms with Gasteiger partial charge in [-0.1, -0.05) is 141 Å².